The van der Waals surface area contributed by atoms with E-state index in [0.717, 1.165) is 5.92 Å². The number of piperidine rings is 3. The number of pyridine rings is 1. The van der Waals surface area contributed by atoms with Gasteiger partial charge in [0.15, 0.2) is 0 Å². The molecule has 4 rings (SSSR count). The molecule has 0 aliphatic carbocycles. The maximum Gasteiger partial charge on any atom is 0.0296 e. The van der Waals surface area contributed by atoms with Gasteiger partial charge in [-0.1, -0.05) is 0 Å². The molecule has 0 spiro atoms. The van der Waals surface area contributed by atoms with E-state index in [1.807, 2.05) is 12.4 Å². The summed E-state index contributed by atoms with van der Waals surface area (Å²) < 4.78 is 0. The molecule has 92 valence electrons. The normalized spacial score (nSPS) is 33.6. The third-order valence-electron chi connectivity index (χ3n) is 4.33. The lowest BCUT2D eigenvalue weighted by Gasteiger charge is -2.46. The minimum atomic E-state index is 0.434. The van der Waals surface area contributed by atoms with Gasteiger partial charge >= 0.3 is 0 Å². The van der Waals surface area contributed by atoms with Gasteiger partial charge in [-0.3, -0.25) is 4.98 Å². The second-order valence-electron chi connectivity index (χ2n) is 5.41. The predicted octanol–water partition coefficient (Wildman–Crippen LogP) is 1.83. The van der Waals surface area contributed by atoms with Gasteiger partial charge in [0.25, 0.3) is 0 Å². The number of hydrogen-bond acceptors (Lipinski definition) is 3. The summed E-state index contributed by atoms with van der Waals surface area (Å²) in [5, 5.41) is 3.80. The summed E-state index contributed by atoms with van der Waals surface area (Å²) in [6.45, 7) is 6.12. The van der Waals surface area contributed by atoms with E-state index in [2.05, 4.69) is 34.3 Å². The molecule has 1 N–H and O–H groups in total. The van der Waals surface area contributed by atoms with Gasteiger partial charge in [-0.05, 0) is 56.5 Å². The van der Waals surface area contributed by atoms with Crippen molar-refractivity contribution < 1.29 is 0 Å². The van der Waals surface area contributed by atoms with Gasteiger partial charge in [-0.25, -0.2) is 0 Å². The van der Waals surface area contributed by atoms with Crippen LogP contribution in [-0.4, -0.2) is 35.6 Å². The molecule has 3 aliphatic rings. The molecule has 17 heavy (non-hydrogen) atoms. The Bertz CT molecular complexity index is 357. The van der Waals surface area contributed by atoms with E-state index in [1.54, 1.807) is 0 Å². The molecule has 1 unspecified atom stereocenters. The molecule has 2 atom stereocenters. The molecule has 1 aromatic heterocycles. The lowest BCUT2D eigenvalue weighted by atomic mass is 9.83. The molecular weight excluding hydrogens is 210 g/mol. The van der Waals surface area contributed by atoms with Crippen LogP contribution in [-0.2, 0) is 0 Å². The third kappa shape index (κ3) is 2.35. The summed E-state index contributed by atoms with van der Waals surface area (Å²) in [7, 11) is 0. The SMILES string of the molecule is C[C@H](NC1CN2CCC1CC2)c1ccncc1. The van der Waals surface area contributed by atoms with Crippen LogP contribution in [0.3, 0.4) is 0 Å². The number of fused-ring (bicyclic) bond motifs is 3. The zero-order chi connectivity index (χ0) is 11.7. The first-order valence-electron chi connectivity index (χ1n) is 6.71. The van der Waals surface area contributed by atoms with E-state index in [-0.39, 0.29) is 0 Å². The maximum absolute atomic E-state index is 4.08. The minimum absolute atomic E-state index is 0.434. The monoisotopic (exact) mass is 231 g/mol. The van der Waals surface area contributed by atoms with Crippen molar-refractivity contribution in [1.29, 1.82) is 0 Å². The highest BCUT2D eigenvalue weighted by molar-refractivity contribution is 5.14. The topological polar surface area (TPSA) is 28.2 Å². The molecule has 0 saturated carbocycles. The minimum Gasteiger partial charge on any atom is -0.306 e. The van der Waals surface area contributed by atoms with Crippen molar-refractivity contribution in [2.75, 3.05) is 19.6 Å². The fourth-order valence-corrected chi connectivity index (χ4v) is 3.22. The van der Waals surface area contributed by atoms with Gasteiger partial charge in [-0.2, -0.15) is 0 Å². The Morgan fingerprint density at radius 2 is 2.00 bits per heavy atom. The molecule has 3 heteroatoms. The second kappa shape index (κ2) is 4.75. The van der Waals surface area contributed by atoms with Gasteiger partial charge in [0, 0.05) is 31.0 Å². The van der Waals surface area contributed by atoms with Crippen LogP contribution >= 0.6 is 0 Å². The summed E-state index contributed by atoms with van der Waals surface area (Å²) in [5.74, 6) is 0.893. The zero-order valence-electron chi connectivity index (χ0n) is 10.5. The third-order valence-corrected chi connectivity index (χ3v) is 4.33. The summed E-state index contributed by atoms with van der Waals surface area (Å²) in [6, 6.07) is 5.34. The summed E-state index contributed by atoms with van der Waals surface area (Å²) in [6.07, 6.45) is 6.51. The van der Waals surface area contributed by atoms with Crippen LogP contribution < -0.4 is 5.32 Å². The molecule has 3 fully saturated rings. The quantitative estimate of drug-likeness (QED) is 0.860. The molecule has 1 aromatic rings. The predicted molar refractivity (Wildman–Crippen MR) is 68.7 cm³/mol. The van der Waals surface area contributed by atoms with E-state index in [0.29, 0.717) is 12.1 Å². The van der Waals surface area contributed by atoms with Crippen LogP contribution in [0.4, 0.5) is 0 Å². The molecule has 3 saturated heterocycles. The van der Waals surface area contributed by atoms with E-state index in [4.69, 9.17) is 0 Å². The van der Waals surface area contributed by atoms with Crippen molar-refractivity contribution in [2.24, 2.45) is 5.92 Å². The first-order chi connectivity index (χ1) is 8.33. The first-order valence-corrected chi connectivity index (χ1v) is 6.71. The fraction of sp³-hybridized carbons (Fsp3) is 0.643. The molecule has 3 nitrogen and oxygen atoms in total. The van der Waals surface area contributed by atoms with Crippen molar-refractivity contribution in [3.8, 4) is 0 Å². The molecule has 0 aromatic carbocycles. The van der Waals surface area contributed by atoms with Crippen LogP contribution in [0.15, 0.2) is 24.5 Å². The largest absolute Gasteiger partial charge is 0.306 e. The number of nitrogens with one attached hydrogen (secondary N) is 1. The van der Waals surface area contributed by atoms with E-state index in [1.165, 1.54) is 38.0 Å². The highest BCUT2D eigenvalue weighted by atomic mass is 15.2. The lowest BCUT2D eigenvalue weighted by Crippen LogP contribution is -2.56. The number of nitrogens with zero attached hydrogens (tertiary/aromatic N) is 2. The van der Waals surface area contributed by atoms with Crippen molar-refractivity contribution >= 4 is 0 Å². The van der Waals surface area contributed by atoms with E-state index < -0.39 is 0 Å². The van der Waals surface area contributed by atoms with Gasteiger partial charge in [0.1, 0.15) is 0 Å². The Balaban J connectivity index is 1.64. The molecule has 0 radical (unpaired) electrons. The number of rotatable bonds is 3. The summed E-state index contributed by atoms with van der Waals surface area (Å²) >= 11 is 0. The van der Waals surface area contributed by atoms with Crippen molar-refractivity contribution in [3.05, 3.63) is 30.1 Å². The van der Waals surface area contributed by atoms with Gasteiger partial charge in [0.05, 0.1) is 0 Å². The van der Waals surface area contributed by atoms with Crippen LogP contribution in [0, 0.1) is 5.92 Å². The summed E-state index contributed by atoms with van der Waals surface area (Å²) in [5.41, 5.74) is 1.34. The highest BCUT2D eigenvalue weighted by Gasteiger charge is 2.34. The Labute approximate surface area is 103 Å². The van der Waals surface area contributed by atoms with Crippen LogP contribution in [0.5, 0.6) is 0 Å². The fourth-order valence-electron chi connectivity index (χ4n) is 3.22. The van der Waals surface area contributed by atoms with Crippen molar-refractivity contribution in [3.63, 3.8) is 0 Å². The molecule has 4 heterocycles. The smallest absolute Gasteiger partial charge is 0.0296 e. The van der Waals surface area contributed by atoms with Crippen LogP contribution in [0.1, 0.15) is 31.4 Å². The van der Waals surface area contributed by atoms with Crippen LogP contribution in [0.2, 0.25) is 0 Å². The average Bonchev–Trinajstić information content (AvgIpc) is 2.41. The number of aromatic nitrogens is 1. The average molecular weight is 231 g/mol. The molecular formula is C14H21N3. The van der Waals surface area contributed by atoms with E-state index >= 15 is 0 Å². The molecule has 0 amide bonds. The van der Waals surface area contributed by atoms with Crippen LogP contribution in [0.25, 0.3) is 0 Å². The molecule has 2 bridgehead atoms. The van der Waals surface area contributed by atoms with Crippen molar-refractivity contribution in [1.82, 2.24) is 15.2 Å². The maximum atomic E-state index is 4.08. The van der Waals surface area contributed by atoms with Crippen molar-refractivity contribution in [2.45, 2.75) is 31.8 Å². The van der Waals surface area contributed by atoms with E-state index in [9.17, 15) is 0 Å². The Morgan fingerprint density at radius 1 is 1.29 bits per heavy atom. The lowest BCUT2D eigenvalue weighted by molar-refractivity contribution is 0.0680. The Hall–Kier alpha value is -0.930. The van der Waals surface area contributed by atoms with Gasteiger partial charge in [-0.15, -0.1) is 0 Å². The van der Waals surface area contributed by atoms with Gasteiger partial charge < -0.3 is 10.2 Å². The van der Waals surface area contributed by atoms with Gasteiger partial charge in [0.2, 0.25) is 0 Å². The molecule has 3 aliphatic heterocycles. The summed E-state index contributed by atoms with van der Waals surface area (Å²) in [4.78, 5) is 6.67. The second-order valence-corrected chi connectivity index (χ2v) is 5.41. The number of hydrogen-bond donors (Lipinski definition) is 1. The Kier molecular flexibility index (Phi) is 3.12. The first kappa shape index (κ1) is 11.2. The highest BCUT2D eigenvalue weighted by Crippen LogP contribution is 2.29. The standard InChI is InChI=1S/C14H21N3/c1-11(12-2-6-15-7-3-12)16-14-10-17-8-4-13(14)5-9-17/h2-3,6-7,11,13-14,16H,4-5,8-10H2,1H3/t11-,14?/m0/s1. The Morgan fingerprint density at radius 3 is 2.59 bits per heavy atom. The zero-order valence-corrected chi connectivity index (χ0v) is 10.5.